The number of carbonyl (C=O) groups excluding carboxylic acids is 20. The Hall–Kier alpha value is -13.3. The minimum absolute atomic E-state index is 0.0121. The van der Waals surface area contributed by atoms with E-state index in [1.807, 2.05) is 0 Å². The highest BCUT2D eigenvalue weighted by Gasteiger charge is 2.46. The predicted molar refractivity (Wildman–Crippen MR) is 429 cm³/mol. The number of primary amides is 1. The van der Waals surface area contributed by atoms with Crippen LogP contribution in [0.2, 0.25) is 0 Å². The van der Waals surface area contributed by atoms with Crippen molar-refractivity contribution in [1.29, 1.82) is 0 Å². The fourth-order valence-electron chi connectivity index (χ4n) is 13.6. The number of Topliss-reactive ketones (excluding diaryl/α,β-unsaturated/α-hetero) is 4. The van der Waals surface area contributed by atoms with Crippen LogP contribution in [0, 0.1) is 23.7 Å². The molecule has 3 heterocycles. The third-order valence-corrected chi connectivity index (χ3v) is 20.2. The van der Waals surface area contributed by atoms with E-state index in [1.54, 1.807) is 30.5 Å². The number of phenols is 1. The van der Waals surface area contributed by atoms with Gasteiger partial charge in [-0.05, 0) is 82.3 Å². The zero-order chi connectivity index (χ0) is 91.7. The Bertz CT molecular complexity index is 4490. The second kappa shape index (κ2) is 52.0. The molecule has 11 amide bonds. The van der Waals surface area contributed by atoms with Gasteiger partial charge in [0.2, 0.25) is 65.0 Å². The standard InChI is InChI=1S/C80H108N14O23.2CO2/c1-7-8-9-10-11-12-13-28-66(101)90-57(32-48-38-84-54-25-18-15-21-49(48)54)77(113)91-56(37-65(83)100)63(98)33-47(34-70(106)107)75(111)93-71-46(6)117-80(115)58(36-61(96)50-22-14-17-24-53(50)82)92-76(112)52(42(2)31-69(104)105)35-64(99)59-41-116-79(51-23-16-19-27-60(51)95)94(59)68(103)40-86-73(109)44(4)88-74(110)45(5)87-72(108)43(3)30-62(97)55(26-20-29-81)89-67(102)39-85-78(71)114;2*2-1-3/h14-19,21-25,27,38,42-47,52,55-59,71,79,84,95H,7-13,20,26,28-37,39-41,81-82H2,1-6H3,(H2,83,100)(H,85,114)(H,86,109)(H,87,108)(H,88,110)(H,89,102)(H,90,101)(H,91,113)(H,92,112)(H,93,111)(H,104,105)(H,106,107);;/t42-,43-,44+,45-,46-,47+,52+,55+,56-,57+,58+,59+,71+,79?;;/m1../s1. The number of para-hydroxylation sites is 3. The van der Waals surface area contributed by atoms with Gasteiger partial charge in [0, 0.05) is 90.7 Å². The Labute approximate surface area is 706 Å². The molecule has 2 saturated heterocycles. The van der Waals surface area contributed by atoms with Crippen LogP contribution >= 0.6 is 0 Å². The second-order valence-corrected chi connectivity index (χ2v) is 29.8. The Morgan fingerprint density at radius 2 is 1.25 bits per heavy atom. The first-order valence-corrected chi connectivity index (χ1v) is 39.8. The Kier molecular flexibility index (Phi) is 43.2. The van der Waals surface area contributed by atoms with Crippen molar-refractivity contribution in [2.24, 2.45) is 35.1 Å². The highest BCUT2D eigenvalue weighted by Crippen LogP contribution is 2.37. The van der Waals surface area contributed by atoms with E-state index in [1.165, 1.54) is 76.2 Å². The van der Waals surface area contributed by atoms with Crippen LogP contribution in [0.15, 0.2) is 79.0 Å². The van der Waals surface area contributed by atoms with Crippen LogP contribution in [0.5, 0.6) is 5.75 Å². The number of hydrogen-bond donors (Lipinski definition) is 16. The van der Waals surface area contributed by atoms with Gasteiger partial charge in [0.05, 0.1) is 50.5 Å². The van der Waals surface area contributed by atoms with E-state index in [2.05, 4.69) is 59.8 Å². The molecule has 4 aromatic rings. The van der Waals surface area contributed by atoms with Crippen molar-refractivity contribution in [3.8, 4) is 5.75 Å². The molecule has 0 aliphatic carbocycles. The summed E-state index contributed by atoms with van der Waals surface area (Å²) in [5, 5.41) is 53.9. The quantitative estimate of drug-likeness (QED) is 0.0129. The topological polar surface area (TPSA) is 660 Å². The number of nitrogens with two attached hydrogens (primary N) is 3. The molecular weight excluding hydrogens is 1610 g/mol. The number of esters is 1. The summed E-state index contributed by atoms with van der Waals surface area (Å²) >= 11 is 0. The molecule has 668 valence electrons. The average molecular weight is 1720 g/mol. The number of nitrogens with zero attached hydrogens (tertiary/aromatic N) is 1. The molecule has 2 aliphatic heterocycles. The number of ketones is 4. The fraction of sp³-hybridized carbons (Fsp3) is 0.512. The van der Waals surface area contributed by atoms with Crippen molar-refractivity contribution in [3.05, 3.63) is 95.7 Å². The Morgan fingerprint density at radius 1 is 0.642 bits per heavy atom. The maximum absolute atomic E-state index is 15.1. The molecule has 41 nitrogen and oxygen atoms in total. The Morgan fingerprint density at radius 3 is 1.89 bits per heavy atom. The number of fused-ring (bicyclic) bond motifs is 2. The second-order valence-electron chi connectivity index (χ2n) is 29.8. The van der Waals surface area contributed by atoms with E-state index >= 15 is 9.59 Å². The largest absolute Gasteiger partial charge is 0.507 e. The van der Waals surface area contributed by atoms with Crippen molar-refractivity contribution >= 4 is 135 Å². The summed E-state index contributed by atoms with van der Waals surface area (Å²) in [7, 11) is 0. The summed E-state index contributed by atoms with van der Waals surface area (Å²) in [5.41, 5.74) is 18.5. The number of carboxylic acid groups (broad SMARTS) is 2. The van der Waals surface area contributed by atoms with Gasteiger partial charge in [0.1, 0.15) is 48.1 Å². The minimum atomic E-state index is -2.31. The molecule has 0 saturated carbocycles. The number of ether oxygens (including phenoxy) is 2. The first-order valence-electron chi connectivity index (χ1n) is 39.8. The van der Waals surface area contributed by atoms with Gasteiger partial charge in [-0.25, -0.2) is 4.79 Å². The van der Waals surface area contributed by atoms with E-state index < -0.39 is 261 Å². The van der Waals surface area contributed by atoms with Crippen LogP contribution < -0.4 is 65.1 Å². The molecule has 1 aromatic heterocycles. The summed E-state index contributed by atoms with van der Waals surface area (Å²) < 4.78 is 11.8. The molecule has 1 unspecified atom stereocenters. The number of H-pyrrole nitrogens is 1. The van der Waals surface area contributed by atoms with Crippen molar-refractivity contribution in [1.82, 2.24) is 57.7 Å². The predicted octanol–water partition coefficient (Wildman–Crippen LogP) is -0.272. The lowest BCUT2D eigenvalue weighted by atomic mass is 9.84. The molecule has 0 radical (unpaired) electrons. The number of phenolic OH excluding ortho intramolecular Hbond substituents is 1. The number of aliphatic carboxylic acids is 2. The monoisotopic (exact) mass is 1720 g/mol. The summed E-state index contributed by atoms with van der Waals surface area (Å²) in [5.74, 6) is -27.2. The number of rotatable bonds is 32. The molecule has 2 fully saturated rings. The zero-order valence-corrected chi connectivity index (χ0v) is 69.0. The third kappa shape index (κ3) is 33.4. The number of carbonyl (C=O) groups is 18. The van der Waals surface area contributed by atoms with Crippen molar-refractivity contribution < 1.29 is 130 Å². The van der Waals surface area contributed by atoms with Crippen molar-refractivity contribution in [2.75, 3.05) is 32.0 Å². The fourth-order valence-corrected chi connectivity index (χ4v) is 13.6. The van der Waals surface area contributed by atoms with Gasteiger partial charge in [-0.1, -0.05) is 108 Å². The van der Waals surface area contributed by atoms with Gasteiger partial charge < -0.3 is 94.8 Å². The molecular formula is C82H108N14O27. The van der Waals surface area contributed by atoms with Crippen LogP contribution in [0.25, 0.3) is 10.9 Å². The molecule has 0 bridgehead atoms. The van der Waals surface area contributed by atoms with Crippen LogP contribution in [0.1, 0.15) is 178 Å². The van der Waals surface area contributed by atoms with E-state index in [-0.39, 0.29) is 61.3 Å². The number of nitrogens with one attached hydrogen (secondary N) is 10. The molecule has 3 aromatic carbocycles. The lowest BCUT2D eigenvalue weighted by Gasteiger charge is -2.30. The number of aromatic nitrogens is 1. The molecule has 2 aliphatic rings. The van der Waals surface area contributed by atoms with Gasteiger partial charge in [0.25, 0.3) is 0 Å². The minimum Gasteiger partial charge on any atom is -0.507 e. The molecule has 19 N–H and O–H groups in total. The first-order chi connectivity index (χ1) is 58.3. The maximum atomic E-state index is 15.1. The highest BCUT2D eigenvalue weighted by atomic mass is 16.5. The first kappa shape index (κ1) is 102. The summed E-state index contributed by atoms with van der Waals surface area (Å²) in [6.45, 7) is 5.52. The number of nitrogen functional groups attached to an aromatic ring is 1. The smallest absolute Gasteiger partial charge is 0.373 e. The number of aromatic hydroxyl groups is 1. The number of carboxylic acids is 2. The van der Waals surface area contributed by atoms with Gasteiger partial charge in [0.15, 0.2) is 29.4 Å². The molecule has 123 heavy (non-hydrogen) atoms. The maximum Gasteiger partial charge on any atom is 0.373 e. The average Bonchev–Trinajstić information content (AvgIpc) is 1.64. The van der Waals surface area contributed by atoms with E-state index in [9.17, 15) is 92.0 Å². The lowest BCUT2D eigenvalue weighted by Crippen LogP contribution is -2.57. The number of benzene rings is 3. The molecule has 0 spiro atoms. The van der Waals surface area contributed by atoms with E-state index in [0.29, 0.717) is 22.9 Å². The van der Waals surface area contributed by atoms with E-state index in [4.69, 9.17) is 45.9 Å². The summed E-state index contributed by atoms with van der Waals surface area (Å²) in [6, 6.07) is 4.29. The van der Waals surface area contributed by atoms with Gasteiger partial charge >= 0.3 is 30.2 Å². The number of cyclic esters (lactones) is 1. The van der Waals surface area contributed by atoms with Gasteiger partial charge in [-0.2, -0.15) is 19.2 Å². The zero-order valence-electron chi connectivity index (χ0n) is 69.0. The third-order valence-electron chi connectivity index (χ3n) is 20.2. The highest BCUT2D eigenvalue weighted by molar-refractivity contribution is 6.05. The van der Waals surface area contributed by atoms with E-state index in [0.717, 1.165) is 50.3 Å². The Balaban J connectivity index is 0.00000513. The lowest BCUT2D eigenvalue weighted by molar-refractivity contribution is -0.193. The number of unbranched alkanes of at least 4 members (excludes halogenated alkanes) is 6. The summed E-state index contributed by atoms with van der Waals surface area (Å²) in [6.07, 6.45) is -2.28. The van der Waals surface area contributed by atoms with Gasteiger partial charge in [-0.15, -0.1) is 0 Å². The normalized spacial score (nSPS) is 21.5. The SMILES string of the molecule is CCCCCCCCCC(=O)N[C@@H](Cc1c[nH]c2ccccc12)C(=O)N[C@H](CC(N)=O)C(=O)C[C@@H](CC(=O)O)C(=O)N[C@@H]1C(=O)NCC(=O)N[C@@H](CCCN)C(=O)C[C@@H](C)C(=O)N[C@H](C)C(=O)N[C@@H](C)C(=O)NCC(=O)N2C(c3ccccc3O)OC[C@H]2C(=O)C[C@@H]([C@H](C)CC(=O)O)C(=O)N[C@@H](CC(=O)c2ccccc2N)C(=O)O[C@@H]1C.O=C=O.O=C=O. The number of aromatic amines is 1. The molecule has 6 rings (SSSR count). The van der Waals surface area contributed by atoms with Crippen LogP contribution in [0.4, 0.5) is 5.69 Å². The van der Waals surface area contributed by atoms with Crippen molar-refractivity contribution in [2.45, 2.75) is 218 Å². The summed E-state index contributed by atoms with van der Waals surface area (Å²) in [4.78, 5) is 290. The van der Waals surface area contributed by atoms with Crippen LogP contribution in [0.3, 0.4) is 0 Å². The molecule has 41 heteroatoms. The van der Waals surface area contributed by atoms with Crippen LogP contribution in [-0.4, -0.2) is 224 Å². The number of hydrogen-bond acceptors (Lipinski definition) is 27. The number of amides is 11. The molecule has 14 atom stereocenters. The van der Waals surface area contributed by atoms with Crippen LogP contribution in [-0.2, 0) is 117 Å². The number of anilines is 1. The van der Waals surface area contributed by atoms with Crippen molar-refractivity contribution in [3.63, 3.8) is 0 Å². The van der Waals surface area contributed by atoms with Gasteiger partial charge in [-0.3, -0.25) is 86.4 Å².